The van der Waals surface area contributed by atoms with Crippen molar-refractivity contribution in [3.8, 4) is 0 Å². The van der Waals surface area contributed by atoms with Crippen molar-refractivity contribution >= 4 is 29.1 Å². The average Bonchev–Trinajstić information content (AvgIpc) is 2.68. The summed E-state index contributed by atoms with van der Waals surface area (Å²) in [4.78, 5) is 19.7. The second kappa shape index (κ2) is 7.95. The zero-order valence-corrected chi connectivity index (χ0v) is 14.6. The van der Waals surface area contributed by atoms with E-state index in [2.05, 4.69) is 25.3 Å². The highest BCUT2D eigenvalue weighted by atomic mass is 19.4. The lowest BCUT2D eigenvalue weighted by Gasteiger charge is -2.11. The van der Waals surface area contributed by atoms with Gasteiger partial charge in [0, 0.05) is 17.6 Å². The van der Waals surface area contributed by atoms with Gasteiger partial charge in [-0.1, -0.05) is 6.07 Å². The van der Waals surface area contributed by atoms with Crippen molar-refractivity contribution in [2.75, 3.05) is 17.7 Å². The minimum absolute atomic E-state index is 0.239. The molecule has 3 rings (SSSR count). The van der Waals surface area contributed by atoms with E-state index in [1.165, 1.54) is 31.5 Å². The largest absolute Gasteiger partial charge is 0.465 e. The van der Waals surface area contributed by atoms with Gasteiger partial charge >= 0.3 is 12.1 Å². The number of carbonyl (C=O) groups excluding carboxylic acids is 1. The fourth-order valence-corrected chi connectivity index (χ4v) is 2.35. The van der Waals surface area contributed by atoms with Crippen molar-refractivity contribution in [3.63, 3.8) is 0 Å². The molecule has 1 heterocycles. The Morgan fingerprint density at radius 3 is 2.43 bits per heavy atom. The molecular weight excluding hydrogens is 373 g/mol. The second-order valence-corrected chi connectivity index (χ2v) is 5.66. The van der Waals surface area contributed by atoms with Crippen LogP contribution in [-0.4, -0.2) is 23.0 Å². The van der Waals surface area contributed by atoms with Gasteiger partial charge in [-0.3, -0.25) is 0 Å². The molecule has 0 bridgehead atoms. The molecule has 0 spiro atoms. The summed E-state index contributed by atoms with van der Waals surface area (Å²) in [6.45, 7) is 0. The Balaban J connectivity index is 1.73. The third-order valence-corrected chi connectivity index (χ3v) is 3.68. The summed E-state index contributed by atoms with van der Waals surface area (Å²) in [5, 5.41) is 5.78. The number of hydrogen-bond acceptors (Lipinski definition) is 6. The van der Waals surface area contributed by atoms with Crippen LogP contribution in [0.25, 0.3) is 0 Å². The van der Waals surface area contributed by atoms with Crippen LogP contribution in [-0.2, 0) is 10.9 Å². The molecular formula is C19H15F3N4O2. The highest BCUT2D eigenvalue weighted by Gasteiger charge is 2.30. The molecule has 2 aromatic carbocycles. The first-order chi connectivity index (χ1) is 13.3. The van der Waals surface area contributed by atoms with Gasteiger partial charge < -0.3 is 15.4 Å². The van der Waals surface area contributed by atoms with Gasteiger partial charge in [-0.05, 0) is 48.5 Å². The molecule has 0 unspecified atom stereocenters. The molecule has 3 aromatic rings. The predicted octanol–water partition coefficient (Wildman–Crippen LogP) is 4.77. The normalized spacial score (nSPS) is 11.0. The molecule has 9 heteroatoms. The smallest absolute Gasteiger partial charge is 0.416 e. The Hall–Kier alpha value is -3.62. The van der Waals surface area contributed by atoms with Gasteiger partial charge in [0.05, 0.1) is 18.2 Å². The third-order valence-electron chi connectivity index (χ3n) is 3.68. The fraction of sp³-hybridized carbons (Fsp3) is 0.105. The van der Waals surface area contributed by atoms with E-state index in [0.29, 0.717) is 17.1 Å². The Morgan fingerprint density at radius 1 is 1.00 bits per heavy atom. The Kier molecular flexibility index (Phi) is 5.44. The highest BCUT2D eigenvalue weighted by molar-refractivity contribution is 5.89. The maximum absolute atomic E-state index is 12.8. The Morgan fingerprint density at radius 2 is 1.75 bits per heavy atom. The first-order valence-electron chi connectivity index (χ1n) is 8.08. The van der Waals surface area contributed by atoms with Crippen LogP contribution < -0.4 is 10.6 Å². The third kappa shape index (κ3) is 4.76. The van der Waals surface area contributed by atoms with Crippen molar-refractivity contribution < 1.29 is 22.7 Å². The number of benzene rings is 2. The molecule has 0 fully saturated rings. The number of nitrogens with zero attached hydrogens (tertiary/aromatic N) is 2. The monoisotopic (exact) mass is 388 g/mol. The molecule has 0 saturated carbocycles. The van der Waals surface area contributed by atoms with Crippen LogP contribution in [0.1, 0.15) is 15.9 Å². The van der Waals surface area contributed by atoms with Gasteiger partial charge in [-0.15, -0.1) is 0 Å². The van der Waals surface area contributed by atoms with E-state index in [1.54, 1.807) is 24.3 Å². The van der Waals surface area contributed by atoms with Crippen LogP contribution in [0.5, 0.6) is 0 Å². The zero-order valence-electron chi connectivity index (χ0n) is 14.6. The van der Waals surface area contributed by atoms with E-state index < -0.39 is 17.7 Å². The number of rotatable bonds is 5. The Labute approximate surface area is 158 Å². The summed E-state index contributed by atoms with van der Waals surface area (Å²) in [7, 11) is 1.30. The lowest BCUT2D eigenvalue weighted by atomic mass is 10.2. The molecule has 0 aliphatic heterocycles. The number of hydrogen-bond donors (Lipinski definition) is 2. The zero-order chi connectivity index (χ0) is 20.1. The maximum Gasteiger partial charge on any atom is 0.416 e. The van der Waals surface area contributed by atoms with Crippen LogP contribution in [0.3, 0.4) is 0 Å². The van der Waals surface area contributed by atoms with E-state index in [-0.39, 0.29) is 11.6 Å². The molecule has 28 heavy (non-hydrogen) atoms. The predicted molar refractivity (Wildman–Crippen MR) is 97.8 cm³/mol. The first kappa shape index (κ1) is 19.2. The van der Waals surface area contributed by atoms with Gasteiger partial charge in [0.2, 0.25) is 5.95 Å². The van der Waals surface area contributed by atoms with Gasteiger partial charge in [-0.25, -0.2) is 9.78 Å². The van der Waals surface area contributed by atoms with E-state index in [0.717, 1.165) is 12.1 Å². The number of alkyl halides is 3. The van der Waals surface area contributed by atoms with Crippen LogP contribution in [0.4, 0.5) is 36.3 Å². The van der Waals surface area contributed by atoms with Crippen molar-refractivity contribution in [2.45, 2.75) is 6.18 Å². The molecule has 0 atom stereocenters. The van der Waals surface area contributed by atoms with E-state index in [1.807, 2.05) is 0 Å². The van der Waals surface area contributed by atoms with Crippen molar-refractivity contribution in [1.29, 1.82) is 0 Å². The summed E-state index contributed by atoms with van der Waals surface area (Å²) in [5.74, 6) is 0.112. The standard InChI is InChI=1S/C19H15F3N4O2/c1-28-17(27)12-5-7-14(8-6-12)25-18-23-10-9-16(26-18)24-15-4-2-3-13(11-15)19(20,21)22/h2-11H,1H3,(H2,23,24,25,26). The van der Waals surface area contributed by atoms with Crippen LogP contribution >= 0.6 is 0 Å². The molecule has 0 amide bonds. The summed E-state index contributed by atoms with van der Waals surface area (Å²) < 4.78 is 43.1. The van der Waals surface area contributed by atoms with E-state index in [4.69, 9.17) is 0 Å². The minimum atomic E-state index is -4.42. The topological polar surface area (TPSA) is 76.1 Å². The van der Waals surface area contributed by atoms with Crippen molar-refractivity contribution in [2.24, 2.45) is 0 Å². The maximum atomic E-state index is 12.8. The summed E-state index contributed by atoms with van der Waals surface area (Å²) in [6.07, 6.45) is -2.96. The molecule has 0 radical (unpaired) electrons. The van der Waals surface area contributed by atoms with Gasteiger partial charge in [0.1, 0.15) is 5.82 Å². The fourth-order valence-electron chi connectivity index (χ4n) is 2.35. The number of esters is 1. The molecule has 2 N–H and O–H groups in total. The number of ether oxygens (including phenoxy) is 1. The SMILES string of the molecule is COC(=O)c1ccc(Nc2nccc(Nc3cccc(C(F)(F)F)c3)n2)cc1. The first-order valence-corrected chi connectivity index (χ1v) is 8.08. The molecule has 144 valence electrons. The molecule has 6 nitrogen and oxygen atoms in total. The number of anilines is 4. The quantitative estimate of drug-likeness (QED) is 0.614. The van der Waals surface area contributed by atoms with Crippen LogP contribution in [0.15, 0.2) is 60.8 Å². The van der Waals surface area contributed by atoms with Crippen molar-refractivity contribution in [1.82, 2.24) is 9.97 Å². The number of nitrogens with one attached hydrogen (secondary N) is 2. The molecule has 0 aliphatic carbocycles. The lowest BCUT2D eigenvalue weighted by Crippen LogP contribution is -2.06. The number of methoxy groups -OCH3 is 1. The Bertz CT molecular complexity index is 975. The molecule has 1 aromatic heterocycles. The molecule has 0 aliphatic rings. The lowest BCUT2D eigenvalue weighted by molar-refractivity contribution is -0.137. The number of aromatic nitrogens is 2. The van der Waals surface area contributed by atoms with Gasteiger partial charge in [0.15, 0.2) is 0 Å². The summed E-state index contributed by atoms with van der Waals surface area (Å²) in [5.41, 5.74) is 0.523. The van der Waals surface area contributed by atoms with E-state index >= 15 is 0 Å². The average molecular weight is 388 g/mol. The highest BCUT2D eigenvalue weighted by Crippen LogP contribution is 2.31. The van der Waals surface area contributed by atoms with Crippen molar-refractivity contribution in [3.05, 3.63) is 71.9 Å². The second-order valence-electron chi connectivity index (χ2n) is 5.66. The van der Waals surface area contributed by atoms with Crippen LogP contribution in [0.2, 0.25) is 0 Å². The van der Waals surface area contributed by atoms with Gasteiger partial charge in [0.25, 0.3) is 0 Å². The van der Waals surface area contributed by atoms with Crippen LogP contribution in [0, 0.1) is 0 Å². The minimum Gasteiger partial charge on any atom is -0.465 e. The summed E-state index contributed by atoms with van der Waals surface area (Å²) >= 11 is 0. The summed E-state index contributed by atoms with van der Waals surface area (Å²) in [6, 6.07) is 12.8. The van der Waals surface area contributed by atoms with E-state index in [9.17, 15) is 18.0 Å². The molecule has 0 saturated heterocycles. The number of halogens is 3. The number of carbonyl (C=O) groups is 1. The van der Waals surface area contributed by atoms with Gasteiger partial charge in [-0.2, -0.15) is 18.2 Å².